The molecule has 3 amide bonds. The Hall–Kier alpha value is -1.87. The number of anilines is 2. The molecule has 1 aromatic carbocycles. The summed E-state index contributed by atoms with van der Waals surface area (Å²) in [5, 5.41) is 25.5. The van der Waals surface area contributed by atoms with Crippen LogP contribution in [0.3, 0.4) is 0 Å². The molecule has 0 aromatic heterocycles. The highest BCUT2D eigenvalue weighted by atomic mass is 35.5. The number of halogens is 1. The summed E-state index contributed by atoms with van der Waals surface area (Å²) in [6.07, 6.45) is -1.04. The van der Waals surface area contributed by atoms with Gasteiger partial charge in [-0.05, 0) is 18.2 Å². The van der Waals surface area contributed by atoms with Gasteiger partial charge in [-0.2, -0.15) is 0 Å². The smallest absolute Gasteiger partial charge is 0.319 e. The highest BCUT2D eigenvalue weighted by Gasteiger charge is 2.10. The Kier molecular flexibility index (Phi) is 7.61. The molecule has 8 nitrogen and oxygen atoms in total. The van der Waals surface area contributed by atoms with Crippen LogP contribution in [0.5, 0.6) is 0 Å². The number of methoxy groups -OCH3 is 1. The van der Waals surface area contributed by atoms with Crippen molar-refractivity contribution >= 4 is 34.9 Å². The van der Waals surface area contributed by atoms with Crippen LogP contribution in [0, 0.1) is 0 Å². The summed E-state index contributed by atoms with van der Waals surface area (Å²) < 4.78 is 4.70. The van der Waals surface area contributed by atoms with Gasteiger partial charge in [0.2, 0.25) is 5.91 Å². The fourth-order valence-corrected chi connectivity index (χ4v) is 1.63. The molecule has 122 valence electrons. The molecule has 0 heterocycles. The van der Waals surface area contributed by atoms with Crippen molar-refractivity contribution in [1.82, 2.24) is 5.32 Å². The maximum atomic E-state index is 11.6. The number of nitrogens with one attached hydrogen (secondary N) is 3. The van der Waals surface area contributed by atoms with Gasteiger partial charge in [0, 0.05) is 19.3 Å². The fraction of sp³-hybridized carbons (Fsp3) is 0.385. The Morgan fingerprint density at radius 2 is 2.09 bits per heavy atom. The van der Waals surface area contributed by atoms with Gasteiger partial charge in [-0.1, -0.05) is 11.6 Å². The number of benzene rings is 1. The van der Waals surface area contributed by atoms with E-state index in [9.17, 15) is 9.59 Å². The summed E-state index contributed by atoms with van der Waals surface area (Å²) in [4.78, 5) is 23.1. The van der Waals surface area contributed by atoms with Crippen molar-refractivity contribution in [2.75, 3.05) is 37.5 Å². The van der Waals surface area contributed by atoms with Crippen LogP contribution in [-0.4, -0.2) is 55.1 Å². The van der Waals surface area contributed by atoms with Gasteiger partial charge in [-0.15, -0.1) is 0 Å². The fourth-order valence-electron chi connectivity index (χ4n) is 1.47. The number of hydrogen-bond acceptors (Lipinski definition) is 5. The number of amides is 3. The Labute approximate surface area is 132 Å². The summed E-state index contributed by atoms with van der Waals surface area (Å²) in [7, 11) is 1.40. The first-order valence-electron chi connectivity index (χ1n) is 6.38. The van der Waals surface area contributed by atoms with Gasteiger partial charge < -0.3 is 30.9 Å². The molecule has 1 rings (SSSR count). The third-order valence-electron chi connectivity index (χ3n) is 2.48. The predicted octanol–water partition coefficient (Wildman–Crippen LogP) is 0.400. The van der Waals surface area contributed by atoms with E-state index in [1.54, 1.807) is 6.07 Å². The summed E-state index contributed by atoms with van der Waals surface area (Å²) >= 11 is 5.96. The molecule has 0 aliphatic rings. The number of urea groups is 1. The third-order valence-corrected chi connectivity index (χ3v) is 2.81. The van der Waals surface area contributed by atoms with Crippen molar-refractivity contribution in [3.05, 3.63) is 23.2 Å². The number of carbonyl (C=O) groups is 2. The summed E-state index contributed by atoms with van der Waals surface area (Å²) in [6.45, 7) is -0.656. The third kappa shape index (κ3) is 6.27. The minimum Gasteiger partial charge on any atom is -0.394 e. The minimum absolute atomic E-state index is 0.0923. The van der Waals surface area contributed by atoms with E-state index in [0.29, 0.717) is 5.69 Å². The van der Waals surface area contributed by atoms with Gasteiger partial charge in [0.1, 0.15) is 6.61 Å². The Bertz CT molecular complexity index is 526. The van der Waals surface area contributed by atoms with E-state index in [1.807, 2.05) is 0 Å². The quantitative estimate of drug-likeness (QED) is 0.495. The summed E-state index contributed by atoms with van der Waals surface area (Å²) in [6, 6.07) is 3.98. The first kappa shape index (κ1) is 18.2. The lowest BCUT2D eigenvalue weighted by atomic mass is 10.2. The Morgan fingerprint density at radius 3 is 2.73 bits per heavy atom. The van der Waals surface area contributed by atoms with Crippen molar-refractivity contribution in [3.8, 4) is 0 Å². The zero-order valence-corrected chi connectivity index (χ0v) is 12.7. The highest BCUT2D eigenvalue weighted by molar-refractivity contribution is 6.33. The molecule has 0 saturated heterocycles. The molecule has 0 radical (unpaired) electrons. The van der Waals surface area contributed by atoms with Crippen molar-refractivity contribution in [1.29, 1.82) is 0 Å². The van der Waals surface area contributed by atoms with Crippen molar-refractivity contribution in [2.24, 2.45) is 0 Å². The van der Waals surface area contributed by atoms with E-state index in [1.165, 1.54) is 19.2 Å². The zero-order chi connectivity index (χ0) is 16.5. The standard InChI is InChI=1S/C13H18ClN3O5/c1-22-7-12(20)16-8-2-3-10(14)11(4-8)17-13(21)15-5-9(19)6-18/h2-4,9,18-19H,5-7H2,1H3,(H,16,20)(H2,15,17,21)/t9-/m1/s1. The molecule has 9 heteroatoms. The van der Waals surface area contributed by atoms with Gasteiger partial charge in [0.25, 0.3) is 0 Å². The largest absolute Gasteiger partial charge is 0.394 e. The average molecular weight is 332 g/mol. The number of aliphatic hydroxyl groups excluding tert-OH is 2. The topological polar surface area (TPSA) is 120 Å². The van der Waals surface area contributed by atoms with Crippen LogP contribution in [0.1, 0.15) is 0 Å². The highest BCUT2D eigenvalue weighted by Crippen LogP contribution is 2.25. The molecule has 22 heavy (non-hydrogen) atoms. The van der Waals surface area contributed by atoms with Gasteiger partial charge in [-0.25, -0.2) is 4.79 Å². The monoisotopic (exact) mass is 331 g/mol. The second-order valence-corrected chi connectivity index (χ2v) is 4.75. The van der Waals surface area contributed by atoms with Crippen LogP contribution in [0.15, 0.2) is 18.2 Å². The van der Waals surface area contributed by atoms with Gasteiger partial charge >= 0.3 is 6.03 Å². The molecule has 0 spiro atoms. The second-order valence-electron chi connectivity index (χ2n) is 4.35. The predicted molar refractivity (Wildman–Crippen MR) is 82.1 cm³/mol. The number of rotatable bonds is 7. The number of ether oxygens (including phenoxy) is 1. The van der Waals surface area contributed by atoms with E-state index < -0.39 is 18.7 Å². The SMILES string of the molecule is COCC(=O)Nc1ccc(Cl)c(NC(=O)NC[C@@H](O)CO)c1. The van der Waals surface area contributed by atoms with Crippen LogP contribution in [0.4, 0.5) is 16.2 Å². The van der Waals surface area contributed by atoms with Crippen LogP contribution >= 0.6 is 11.6 Å². The van der Waals surface area contributed by atoms with E-state index in [0.717, 1.165) is 0 Å². The Balaban J connectivity index is 2.65. The first-order chi connectivity index (χ1) is 10.5. The van der Waals surface area contributed by atoms with Crippen molar-refractivity contribution in [2.45, 2.75) is 6.10 Å². The molecule has 1 aromatic rings. The van der Waals surface area contributed by atoms with Crippen molar-refractivity contribution in [3.63, 3.8) is 0 Å². The molecule has 0 unspecified atom stereocenters. The zero-order valence-electron chi connectivity index (χ0n) is 11.9. The van der Waals surface area contributed by atoms with Gasteiger partial charge in [0.15, 0.2) is 0 Å². The first-order valence-corrected chi connectivity index (χ1v) is 6.76. The van der Waals surface area contributed by atoms with Crippen LogP contribution in [0.2, 0.25) is 5.02 Å². The molecule has 1 atom stereocenters. The van der Waals surface area contributed by atoms with Crippen molar-refractivity contribution < 1.29 is 24.5 Å². The molecule has 0 aliphatic heterocycles. The molecule has 0 aliphatic carbocycles. The van der Waals surface area contributed by atoms with Crippen LogP contribution in [0.25, 0.3) is 0 Å². The summed E-state index contributed by atoms with van der Waals surface area (Å²) in [5.74, 6) is -0.341. The molecule has 0 saturated carbocycles. The van der Waals surface area contributed by atoms with E-state index in [4.69, 9.17) is 26.6 Å². The maximum Gasteiger partial charge on any atom is 0.319 e. The summed E-state index contributed by atoms with van der Waals surface area (Å²) in [5.41, 5.74) is 0.727. The number of aliphatic hydroxyl groups is 2. The normalized spacial score (nSPS) is 11.6. The molecular formula is C13H18ClN3O5. The maximum absolute atomic E-state index is 11.6. The lowest BCUT2D eigenvalue weighted by Crippen LogP contribution is -2.36. The van der Waals surface area contributed by atoms with Gasteiger partial charge in [-0.3, -0.25) is 4.79 Å². The van der Waals surface area contributed by atoms with E-state index >= 15 is 0 Å². The lowest BCUT2D eigenvalue weighted by molar-refractivity contribution is -0.119. The molecule has 5 N–H and O–H groups in total. The Morgan fingerprint density at radius 1 is 1.36 bits per heavy atom. The van der Waals surface area contributed by atoms with Crippen LogP contribution < -0.4 is 16.0 Å². The second kappa shape index (κ2) is 9.21. The average Bonchev–Trinajstić information content (AvgIpc) is 2.48. The van der Waals surface area contributed by atoms with E-state index in [2.05, 4.69) is 16.0 Å². The molecular weight excluding hydrogens is 314 g/mol. The molecule has 0 bridgehead atoms. The minimum atomic E-state index is -1.04. The number of hydrogen-bond donors (Lipinski definition) is 5. The van der Waals surface area contributed by atoms with Gasteiger partial charge in [0.05, 0.1) is 23.4 Å². The molecule has 0 fully saturated rings. The number of carbonyl (C=O) groups excluding carboxylic acids is 2. The lowest BCUT2D eigenvalue weighted by Gasteiger charge is -2.12. The van der Waals surface area contributed by atoms with Crippen LogP contribution in [-0.2, 0) is 9.53 Å². The van der Waals surface area contributed by atoms with E-state index in [-0.39, 0.29) is 29.8 Å².